The lowest BCUT2D eigenvalue weighted by molar-refractivity contribution is -0.0696. The molecule has 218 valence electrons. The first kappa shape index (κ1) is 29.6. The highest BCUT2D eigenvalue weighted by Crippen LogP contribution is 2.33. The molecular weight excluding hydrogens is 583 g/mol. The molecule has 0 atom stereocenters. The first-order valence-corrected chi connectivity index (χ1v) is 12.5. The van der Waals surface area contributed by atoms with Crippen molar-refractivity contribution in [2.75, 3.05) is 0 Å². The highest BCUT2D eigenvalue weighted by atomic mass is 19.4. The summed E-state index contributed by atoms with van der Waals surface area (Å²) >= 11 is 0. The third-order valence-electron chi connectivity index (χ3n) is 6.52. The van der Waals surface area contributed by atoms with Crippen LogP contribution in [0, 0.1) is 53.7 Å². The molecule has 0 heterocycles. The molecule has 0 spiro atoms. The third kappa shape index (κ3) is 6.31. The van der Waals surface area contributed by atoms with E-state index in [2.05, 4.69) is 0 Å². The van der Waals surface area contributed by atoms with Gasteiger partial charge in [0.05, 0.1) is 5.56 Å². The number of aryl methyl sites for hydroxylation is 1. The van der Waals surface area contributed by atoms with Crippen molar-refractivity contribution in [3.8, 4) is 39.8 Å². The van der Waals surface area contributed by atoms with Crippen LogP contribution in [0.5, 0.6) is 5.75 Å². The molecule has 0 aliphatic rings. The molecule has 0 fully saturated rings. The maximum absolute atomic E-state index is 15.0. The summed E-state index contributed by atoms with van der Waals surface area (Å²) in [5, 5.41) is -0.265. The minimum atomic E-state index is -4.94. The molecule has 10 heteroatoms. The molecule has 5 aromatic rings. The number of rotatable bonds is 5. The van der Waals surface area contributed by atoms with Gasteiger partial charge in [-0.25, -0.2) is 26.3 Å². The van der Waals surface area contributed by atoms with E-state index in [1.807, 2.05) is 0 Å². The summed E-state index contributed by atoms with van der Waals surface area (Å²) in [5.41, 5.74) is -0.0395. The van der Waals surface area contributed by atoms with Gasteiger partial charge in [-0.3, -0.25) is 0 Å². The van der Waals surface area contributed by atoms with E-state index in [0.717, 1.165) is 36.3 Å². The summed E-state index contributed by atoms with van der Waals surface area (Å²) in [4.78, 5) is 0. The number of hydrogen-bond donors (Lipinski definition) is 0. The van der Waals surface area contributed by atoms with E-state index in [9.17, 15) is 35.1 Å². The van der Waals surface area contributed by atoms with Crippen LogP contribution in [0.3, 0.4) is 0 Å². The Morgan fingerprint density at radius 3 is 1.95 bits per heavy atom. The van der Waals surface area contributed by atoms with Crippen molar-refractivity contribution in [1.29, 1.82) is 0 Å². The van der Waals surface area contributed by atoms with Crippen molar-refractivity contribution in [1.82, 2.24) is 0 Å². The highest BCUT2D eigenvalue weighted by Gasteiger charge is 2.24. The van der Waals surface area contributed by atoms with Gasteiger partial charge < -0.3 is 4.74 Å². The van der Waals surface area contributed by atoms with Gasteiger partial charge in [0.25, 0.3) is 0 Å². The van der Waals surface area contributed by atoms with E-state index >= 15 is 4.39 Å². The van der Waals surface area contributed by atoms with Crippen LogP contribution >= 0.6 is 0 Å². The van der Waals surface area contributed by atoms with Crippen LogP contribution in [0.1, 0.15) is 16.7 Å². The quantitative estimate of drug-likeness (QED) is 0.144. The Kier molecular flexibility index (Phi) is 7.84. The normalized spacial score (nSPS) is 11.4. The maximum atomic E-state index is 15.0. The van der Waals surface area contributed by atoms with Gasteiger partial charge in [0, 0.05) is 22.4 Å². The standard InChI is InChI=1S/C33H17F9O/c1-17-2-5-23(26(34)10-17)21-14-29(37)32(30(38)15-21)43-16-18-3-6-22(27(35)11-18)19-4-7-24-20(12-19)13-28(36)25(31(24)39)8-9-33(40,41)42/h2-7,10-15H,16H2,1H3. The monoisotopic (exact) mass is 600 g/mol. The molecule has 0 aromatic heterocycles. The van der Waals surface area contributed by atoms with Gasteiger partial charge in [0.1, 0.15) is 29.9 Å². The van der Waals surface area contributed by atoms with Crippen molar-refractivity contribution in [2.45, 2.75) is 19.7 Å². The fourth-order valence-electron chi connectivity index (χ4n) is 4.49. The summed E-state index contributed by atoms with van der Waals surface area (Å²) in [7, 11) is 0. The number of halogens is 9. The van der Waals surface area contributed by atoms with Crippen molar-refractivity contribution in [3.05, 3.63) is 124 Å². The lowest BCUT2D eigenvalue weighted by Crippen LogP contribution is -2.02. The number of ether oxygens (including phenoxy) is 1. The van der Waals surface area contributed by atoms with Gasteiger partial charge >= 0.3 is 6.18 Å². The average Bonchev–Trinajstić information content (AvgIpc) is 2.91. The predicted octanol–water partition coefficient (Wildman–Crippen LogP) is 9.81. The minimum Gasteiger partial charge on any atom is -0.483 e. The van der Waals surface area contributed by atoms with Gasteiger partial charge in [0.2, 0.25) is 0 Å². The molecule has 5 aromatic carbocycles. The molecule has 43 heavy (non-hydrogen) atoms. The van der Waals surface area contributed by atoms with Gasteiger partial charge in [-0.1, -0.05) is 42.3 Å². The molecule has 0 unspecified atom stereocenters. The first-order valence-electron chi connectivity index (χ1n) is 12.5. The third-order valence-corrected chi connectivity index (χ3v) is 6.52. The number of fused-ring (bicyclic) bond motifs is 1. The summed E-state index contributed by atoms with van der Waals surface area (Å²) < 4.78 is 130. The molecule has 0 saturated heterocycles. The average molecular weight is 600 g/mol. The zero-order valence-electron chi connectivity index (χ0n) is 21.9. The second kappa shape index (κ2) is 11.4. The Morgan fingerprint density at radius 2 is 1.30 bits per heavy atom. The highest BCUT2D eigenvalue weighted by molar-refractivity contribution is 5.89. The zero-order chi connectivity index (χ0) is 31.1. The summed E-state index contributed by atoms with van der Waals surface area (Å²) in [6.07, 6.45) is -4.94. The molecule has 0 aliphatic carbocycles. The fourth-order valence-corrected chi connectivity index (χ4v) is 4.49. The summed E-state index contributed by atoms with van der Waals surface area (Å²) in [6, 6.07) is 14.3. The van der Waals surface area contributed by atoms with E-state index in [1.54, 1.807) is 13.0 Å². The number of alkyl halides is 3. The molecule has 1 nitrogen and oxygen atoms in total. The van der Waals surface area contributed by atoms with Gasteiger partial charge in [-0.15, -0.1) is 0 Å². The smallest absolute Gasteiger partial charge is 0.458 e. The van der Waals surface area contributed by atoms with Crippen LogP contribution < -0.4 is 4.74 Å². The Morgan fingerprint density at radius 1 is 0.651 bits per heavy atom. The number of benzene rings is 5. The largest absolute Gasteiger partial charge is 0.483 e. The van der Waals surface area contributed by atoms with Crippen molar-refractivity contribution in [2.24, 2.45) is 0 Å². The number of hydrogen-bond acceptors (Lipinski definition) is 1. The van der Waals surface area contributed by atoms with Crippen LogP contribution in [-0.2, 0) is 6.61 Å². The van der Waals surface area contributed by atoms with Crippen LogP contribution in [0.2, 0.25) is 0 Å². The molecule has 5 rings (SSSR count). The van der Waals surface area contributed by atoms with Crippen LogP contribution in [0.15, 0.2) is 72.8 Å². The Balaban J connectivity index is 1.37. The lowest BCUT2D eigenvalue weighted by atomic mass is 9.98. The van der Waals surface area contributed by atoms with E-state index in [1.165, 1.54) is 42.3 Å². The molecule has 0 radical (unpaired) electrons. The molecule has 0 bridgehead atoms. The van der Waals surface area contributed by atoms with Gasteiger partial charge in [-0.05, 0) is 71.0 Å². The SMILES string of the molecule is Cc1ccc(-c2cc(F)c(OCc3ccc(-c4ccc5c(F)c(C#CC(F)(F)F)c(F)cc5c4)c(F)c3)c(F)c2)c(F)c1. The van der Waals surface area contributed by atoms with Crippen molar-refractivity contribution >= 4 is 10.8 Å². The second-order valence-electron chi connectivity index (χ2n) is 9.59. The predicted molar refractivity (Wildman–Crippen MR) is 143 cm³/mol. The van der Waals surface area contributed by atoms with Gasteiger partial charge in [-0.2, -0.15) is 13.2 Å². The van der Waals surface area contributed by atoms with Crippen LogP contribution in [0.25, 0.3) is 33.0 Å². The first-order chi connectivity index (χ1) is 20.3. The van der Waals surface area contributed by atoms with E-state index < -0.39 is 59.0 Å². The van der Waals surface area contributed by atoms with Gasteiger partial charge in [0.15, 0.2) is 17.4 Å². The van der Waals surface area contributed by atoms with Crippen molar-refractivity contribution in [3.63, 3.8) is 0 Å². The topological polar surface area (TPSA) is 9.23 Å². The molecular formula is C33H17F9O. The van der Waals surface area contributed by atoms with Crippen LogP contribution in [-0.4, -0.2) is 6.18 Å². The minimum absolute atomic E-state index is 0.00217. The fraction of sp³-hybridized carbons (Fsp3) is 0.0909. The lowest BCUT2D eigenvalue weighted by Gasteiger charge is -2.12. The van der Waals surface area contributed by atoms with E-state index in [0.29, 0.717) is 5.56 Å². The zero-order valence-corrected chi connectivity index (χ0v) is 21.9. The molecule has 0 amide bonds. The molecule has 0 aliphatic heterocycles. The van der Waals surface area contributed by atoms with Crippen molar-refractivity contribution < 1.29 is 44.3 Å². The Labute approximate surface area is 239 Å². The van der Waals surface area contributed by atoms with E-state index in [4.69, 9.17) is 4.74 Å². The molecule has 0 saturated carbocycles. The Bertz CT molecular complexity index is 1930. The van der Waals surface area contributed by atoms with Crippen LogP contribution in [0.4, 0.5) is 39.5 Å². The molecule has 0 N–H and O–H groups in total. The summed E-state index contributed by atoms with van der Waals surface area (Å²) in [6.45, 7) is 1.24. The Hall–Kier alpha value is -4.91. The summed E-state index contributed by atoms with van der Waals surface area (Å²) in [5.74, 6) is -4.67. The second-order valence-corrected chi connectivity index (χ2v) is 9.59. The maximum Gasteiger partial charge on any atom is 0.458 e. The van der Waals surface area contributed by atoms with E-state index in [-0.39, 0.29) is 38.6 Å².